The van der Waals surface area contributed by atoms with Gasteiger partial charge in [-0.15, -0.1) is 0 Å². The molecule has 3 N–H and O–H groups in total. The van der Waals surface area contributed by atoms with Crippen molar-refractivity contribution in [2.45, 2.75) is 38.7 Å². The number of hydrogen-bond donors (Lipinski definition) is 3. The second kappa shape index (κ2) is 4.02. The SMILES string of the molecule is CC1(C)CNC1C(=O)N1CCCC1B(O)O. The maximum Gasteiger partial charge on any atom is 0.475 e. The maximum atomic E-state index is 12.2. The quantitative estimate of drug-likeness (QED) is 0.527. The average Bonchev–Trinajstić information content (AvgIpc) is 2.64. The number of nitrogens with one attached hydrogen (secondary N) is 1. The van der Waals surface area contributed by atoms with Crippen molar-refractivity contribution in [3.63, 3.8) is 0 Å². The third-order valence-corrected chi connectivity index (χ3v) is 3.72. The summed E-state index contributed by atoms with van der Waals surface area (Å²) < 4.78 is 0. The molecule has 2 aliphatic rings. The molecule has 1 amide bonds. The van der Waals surface area contributed by atoms with Crippen LogP contribution in [-0.4, -0.2) is 53.0 Å². The van der Waals surface area contributed by atoms with E-state index >= 15 is 0 Å². The van der Waals surface area contributed by atoms with Gasteiger partial charge in [-0.3, -0.25) is 4.79 Å². The number of likely N-dealkylation sites (tertiary alicyclic amines) is 1. The molecular weight excluding hydrogens is 207 g/mol. The van der Waals surface area contributed by atoms with Crippen molar-refractivity contribution >= 4 is 13.0 Å². The van der Waals surface area contributed by atoms with Gasteiger partial charge in [0.2, 0.25) is 5.91 Å². The van der Waals surface area contributed by atoms with E-state index in [1.54, 1.807) is 4.90 Å². The highest BCUT2D eigenvalue weighted by Gasteiger charge is 2.48. The highest BCUT2D eigenvalue weighted by molar-refractivity contribution is 6.43. The Morgan fingerprint density at radius 3 is 2.62 bits per heavy atom. The van der Waals surface area contributed by atoms with E-state index in [1.807, 2.05) is 13.8 Å². The van der Waals surface area contributed by atoms with E-state index in [0.717, 1.165) is 13.0 Å². The molecule has 16 heavy (non-hydrogen) atoms. The minimum Gasteiger partial charge on any atom is -0.426 e. The fourth-order valence-corrected chi connectivity index (χ4v) is 2.58. The van der Waals surface area contributed by atoms with E-state index in [0.29, 0.717) is 13.0 Å². The van der Waals surface area contributed by atoms with Crippen molar-refractivity contribution in [3.05, 3.63) is 0 Å². The van der Waals surface area contributed by atoms with E-state index in [9.17, 15) is 14.8 Å². The Morgan fingerprint density at radius 2 is 2.19 bits per heavy atom. The molecule has 6 heteroatoms. The van der Waals surface area contributed by atoms with Crippen molar-refractivity contribution in [2.75, 3.05) is 13.1 Å². The predicted octanol–water partition coefficient (Wildman–Crippen LogP) is -1.01. The van der Waals surface area contributed by atoms with Crippen LogP contribution >= 0.6 is 0 Å². The lowest BCUT2D eigenvalue weighted by Gasteiger charge is -2.46. The van der Waals surface area contributed by atoms with Crippen LogP contribution in [-0.2, 0) is 4.79 Å². The van der Waals surface area contributed by atoms with Crippen LogP contribution in [0, 0.1) is 5.41 Å². The zero-order valence-corrected chi connectivity index (χ0v) is 9.81. The summed E-state index contributed by atoms with van der Waals surface area (Å²) in [6, 6.07) is -0.174. The lowest BCUT2D eigenvalue weighted by atomic mass is 9.74. The second-order valence-corrected chi connectivity index (χ2v) is 5.46. The smallest absolute Gasteiger partial charge is 0.426 e. The maximum absolute atomic E-state index is 12.2. The molecule has 2 fully saturated rings. The Kier molecular flexibility index (Phi) is 2.98. The number of rotatable bonds is 2. The topological polar surface area (TPSA) is 72.8 Å². The molecule has 0 radical (unpaired) electrons. The molecule has 2 unspecified atom stereocenters. The molecule has 2 rings (SSSR count). The molecule has 2 aliphatic heterocycles. The van der Waals surface area contributed by atoms with Gasteiger partial charge in [-0.2, -0.15) is 0 Å². The molecule has 0 saturated carbocycles. The Labute approximate surface area is 96.0 Å². The average molecular weight is 226 g/mol. The van der Waals surface area contributed by atoms with Gasteiger partial charge < -0.3 is 20.3 Å². The van der Waals surface area contributed by atoms with Gasteiger partial charge in [-0.1, -0.05) is 13.8 Å². The van der Waals surface area contributed by atoms with Gasteiger partial charge in [0, 0.05) is 18.5 Å². The van der Waals surface area contributed by atoms with E-state index in [4.69, 9.17) is 0 Å². The molecule has 2 heterocycles. The van der Waals surface area contributed by atoms with Crippen molar-refractivity contribution < 1.29 is 14.8 Å². The minimum absolute atomic E-state index is 0.00634. The largest absolute Gasteiger partial charge is 0.475 e. The standard InChI is InChI=1S/C10H19BN2O3/c1-10(2)6-12-8(10)9(14)13-5-3-4-7(13)11(15)16/h7-8,12,15-16H,3-6H2,1-2H3. The van der Waals surface area contributed by atoms with Crippen molar-refractivity contribution in [2.24, 2.45) is 5.41 Å². The number of hydrogen-bond acceptors (Lipinski definition) is 4. The summed E-state index contributed by atoms with van der Waals surface area (Å²) in [5, 5.41) is 21.5. The fraction of sp³-hybridized carbons (Fsp3) is 0.900. The Morgan fingerprint density at radius 1 is 1.50 bits per heavy atom. The monoisotopic (exact) mass is 226 g/mol. The van der Waals surface area contributed by atoms with Crippen molar-refractivity contribution in [3.8, 4) is 0 Å². The van der Waals surface area contributed by atoms with Crippen LogP contribution < -0.4 is 5.32 Å². The zero-order chi connectivity index (χ0) is 11.9. The molecule has 0 bridgehead atoms. The summed E-state index contributed by atoms with van der Waals surface area (Å²) in [6.07, 6.45) is 1.53. The number of carbonyl (C=O) groups excluding carboxylic acids is 1. The molecular formula is C10H19BN2O3. The van der Waals surface area contributed by atoms with Gasteiger partial charge in [0.05, 0.1) is 12.0 Å². The molecule has 2 atom stereocenters. The van der Waals surface area contributed by atoms with Crippen LogP contribution in [0.3, 0.4) is 0 Å². The van der Waals surface area contributed by atoms with Crippen molar-refractivity contribution in [1.82, 2.24) is 10.2 Å². The summed E-state index contributed by atoms with van der Waals surface area (Å²) >= 11 is 0. The summed E-state index contributed by atoms with van der Waals surface area (Å²) in [5.74, 6) is -0.419. The summed E-state index contributed by atoms with van der Waals surface area (Å²) in [5.41, 5.74) is -0.0232. The van der Waals surface area contributed by atoms with E-state index in [2.05, 4.69) is 5.32 Å². The fourth-order valence-electron chi connectivity index (χ4n) is 2.58. The molecule has 0 aliphatic carbocycles. The third-order valence-electron chi connectivity index (χ3n) is 3.72. The van der Waals surface area contributed by atoms with E-state index in [-0.39, 0.29) is 17.4 Å². The second-order valence-electron chi connectivity index (χ2n) is 5.46. The molecule has 0 aromatic heterocycles. The molecule has 0 aromatic rings. The normalized spacial score (nSPS) is 32.4. The van der Waals surface area contributed by atoms with Gasteiger partial charge in [0.1, 0.15) is 0 Å². The van der Waals surface area contributed by atoms with E-state index < -0.39 is 13.1 Å². The van der Waals surface area contributed by atoms with E-state index in [1.165, 1.54) is 0 Å². The van der Waals surface area contributed by atoms with Gasteiger partial charge in [-0.25, -0.2) is 0 Å². The van der Waals surface area contributed by atoms with Gasteiger partial charge >= 0.3 is 7.12 Å². The van der Waals surface area contributed by atoms with Crippen LogP contribution in [0.15, 0.2) is 0 Å². The van der Waals surface area contributed by atoms with Crippen LogP contribution in [0.25, 0.3) is 0 Å². The molecule has 0 aromatic carbocycles. The number of carbonyl (C=O) groups is 1. The Balaban J connectivity index is 2.04. The van der Waals surface area contributed by atoms with Gasteiger partial charge in [0.15, 0.2) is 0 Å². The van der Waals surface area contributed by atoms with Gasteiger partial charge in [0.25, 0.3) is 0 Å². The van der Waals surface area contributed by atoms with Crippen LogP contribution in [0.4, 0.5) is 0 Å². The van der Waals surface area contributed by atoms with Gasteiger partial charge in [-0.05, 0) is 12.8 Å². The highest BCUT2D eigenvalue weighted by Crippen LogP contribution is 2.31. The molecule has 2 saturated heterocycles. The van der Waals surface area contributed by atoms with Crippen LogP contribution in [0.5, 0.6) is 0 Å². The van der Waals surface area contributed by atoms with Crippen LogP contribution in [0.2, 0.25) is 0 Å². The first-order valence-corrected chi connectivity index (χ1v) is 5.83. The number of nitrogens with zero attached hydrogens (tertiary/aromatic N) is 1. The van der Waals surface area contributed by atoms with Crippen molar-refractivity contribution in [1.29, 1.82) is 0 Å². The summed E-state index contributed by atoms with van der Waals surface area (Å²) in [7, 11) is -1.42. The predicted molar refractivity (Wildman–Crippen MR) is 60.5 cm³/mol. The minimum atomic E-state index is -1.42. The number of amides is 1. The molecule has 0 spiro atoms. The molecule has 90 valence electrons. The lowest BCUT2D eigenvalue weighted by molar-refractivity contribution is -0.140. The first-order chi connectivity index (χ1) is 7.43. The third kappa shape index (κ3) is 1.85. The Hall–Kier alpha value is -0.585. The lowest BCUT2D eigenvalue weighted by Crippen LogP contribution is -2.67. The zero-order valence-electron chi connectivity index (χ0n) is 9.81. The van der Waals surface area contributed by atoms with Crippen LogP contribution in [0.1, 0.15) is 26.7 Å². The first kappa shape index (κ1) is 11.9. The highest BCUT2D eigenvalue weighted by atomic mass is 16.4. The summed E-state index contributed by atoms with van der Waals surface area (Å²) in [6.45, 7) is 5.57. The molecule has 5 nitrogen and oxygen atoms in total. The Bertz CT molecular complexity index is 296. The first-order valence-electron chi connectivity index (χ1n) is 5.83. The summed E-state index contributed by atoms with van der Waals surface area (Å²) in [4.78, 5) is 13.8.